The van der Waals surface area contributed by atoms with Crippen molar-refractivity contribution in [3.8, 4) is 11.5 Å². The van der Waals surface area contributed by atoms with E-state index in [1.54, 1.807) is 0 Å². The van der Waals surface area contributed by atoms with Crippen molar-refractivity contribution in [2.24, 2.45) is 0 Å². The SMILES string of the molecule is FC1CCN(Cc2ccc([C@H]3COc4ccccc4O3)cc2)CC1. The fourth-order valence-corrected chi connectivity index (χ4v) is 3.34. The summed E-state index contributed by atoms with van der Waals surface area (Å²) in [6, 6.07) is 16.3. The van der Waals surface area contributed by atoms with Gasteiger partial charge in [-0.15, -0.1) is 0 Å². The minimum absolute atomic E-state index is 0.0729. The quantitative estimate of drug-likeness (QED) is 0.846. The smallest absolute Gasteiger partial charge is 0.162 e. The molecule has 0 spiro atoms. The first-order valence-electron chi connectivity index (χ1n) is 8.62. The lowest BCUT2D eigenvalue weighted by molar-refractivity contribution is 0.0912. The molecule has 0 unspecified atom stereocenters. The van der Waals surface area contributed by atoms with Gasteiger partial charge in [0.2, 0.25) is 0 Å². The summed E-state index contributed by atoms with van der Waals surface area (Å²) in [4.78, 5) is 2.32. The summed E-state index contributed by atoms with van der Waals surface area (Å²) in [5.41, 5.74) is 2.38. The molecule has 0 radical (unpaired) electrons. The molecule has 1 fully saturated rings. The minimum Gasteiger partial charge on any atom is -0.485 e. The fourth-order valence-electron chi connectivity index (χ4n) is 3.34. The zero-order valence-electron chi connectivity index (χ0n) is 13.7. The molecular weight excluding hydrogens is 305 g/mol. The molecule has 2 aliphatic rings. The van der Waals surface area contributed by atoms with Crippen LogP contribution < -0.4 is 9.47 Å². The van der Waals surface area contributed by atoms with E-state index in [4.69, 9.17) is 9.47 Å². The molecule has 2 aromatic rings. The molecule has 0 aliphatic carbocycles. The zero-order chi connectivity index (χ0) is 16.4. The summed E-state index contributed by atoms with van der Waals surface area (Å²) in [5.74, 6) is 1.61. The number of fused-ring (bicyclic) bond motifs is 1. The molecule has 4 rings (SSSR count). The summed E-state index contributed by atoms with van der Waals surface area (Å²) < 4.78 is 25.0. The maximum atomic E-state index is 13.2. The number of piperidine rings is 1. The van der Waals surface area contributed by atoms with Gasteiger partial charge in [-0.2, -0.15) is 0 Å². The van der Waals surface area contributed by atoms with Gasteiger partial charge in [-0.25, -0.2) is 4.39 Å². The predicted octanol–water partition coefficient (Wildman–Crippen LogP) is 4.13. The second-order valence-corrected chi connectivity index (χ2v) is 6.56. The molecule has 0 amide bonds. The molecule has 0 bridgehead atoms. The number of hydrogen-bond donors (Lipinski definition) is 0. The van der Waals surface area contributed by atoms with Crippen LogP contribution in [0.25, 0.3) is 0 Å². The van der Waals surface area contributed by atoms with Crippen LogP contribution in [-0.4, -0.2) is 30.8 Å². The van der Waals surface area contributed by atoms with E-state index in [2.05, 4.69) is 29.2 Å². The van der Waals surface area contributed by atoms with E-state index in [-0.39, 0.29) is 6.10 Å². The first-order valence-corrected chi connectivity index (χ1v) is 8.62. The first-order chi connectivity index (χ1) is 11.8. The average molecular weight is 327 g/mol. The lowest BCUT2D eigenvalue weighted by Crippen LogP contribution is -2.33. The van der Waals surface area contributed by atoms with Crippen LogP contribution >= 0.6 is 0 Å². The lowest BCUT2D eigenvalue weighted by atomic mass is 10.0. The molecular formula is C20H22FNO2. The Labute approximate surface area is 142 Å². The van der Waals surface area contributed by atoms with Crippen molar-refractivity contribution in [2.45, 2.75) is 31.7 Å². The second-order valence-electron chi connectivity index (χ2n) is 6.56. The summed E-state index contributed by atoms with van der Waals surface area (Å²) in [7, 11) is 0. The van der Waals surface area contributed by atoms with Crippen molar-refractivity contribution in [3.63, 3.8) is 0 Å². The topological polar surface area (TPSA) is 21.7 Å². The molecule has 2 aromatic carbocycles. The Morgan fingerprint density at radius 1 is 0.958 bits per heavy atom. The van der Waals surface area contributed by atoms with Gasteiger partial charge in [-0.1, -0.05) is 36.4 Å². The molecule has 0 aromatic heterocycles. The van der Waals surface area contributed by atoms with Crippen LogP contribution in [0.2, 0.25) is 0 Å². The third-order valence-electron chi connectivity index (χ3n) is 4.78. The van der Waals surface area contributed by atoms with Crippen LogP contribution in [0.3, 0.4) is 0 Å². The third kappa shape index (κ3) is 3.39. The number of likely N-dealkylation sites (tertiary alicyclic amines) is 1. The van der Waals surface area contributed by atoms with E-state index in [9.17, 15) is 4.39 Å². The molecule has 1 saturated heterocycles. The summed E-state index contributed by atoms with van der Waals surface area (Å²) >= 11 is 0. The van der Waals surface area contributed by atoms with E-state index in [1.807, 2.05) is 24.3 Å². The molecule has 2 aliphatic heterocycles. The number of halogens is 1. The maximum absolute atomic E-state index is 13.2. The van der Waals surface area contributed by atoms with Crippen molar-refractivity contribution in [2.75, 3.05) is 19.7 Å². The van der Waals surface area contributed by atoms with Crippen LogP contribution in [0, 0.1) is 0 Å². The standard InChI is InChI=1S/C20H22FNO2/c21-17-9-11-22(12-10-17)13-15-5-7-16(8-6-15)20-14-23-18-3-1-2-4-19(18)24-20/h1-8,17,20H,9-14H2/t20-/m1/s1. The van der Waals surface area contributed by atoms with Gasteiger partial charge in [0.05, 0.1) is 0 Å². The number of nitrogens with zero attached hydrogens (tertiary/aromatic N) is 1. The maximum Gasteiger partial charge on any atom is 0.162 e. The van der Waals surface area contributed by atoms with E-state index in [0.717, 1.165) is 36.7 Å². The molecule has 0 N–H and O–H groups in total. The normalized spacial score (nSPS) is 21.6. The number of alkyl halides is 1. The van der Waals surface area contributed by atoms with Gasteiger partial charge >= 0.3 is 0 Å². The number of benzene rings is 2. The second kappa shape index (κ2) is 6.81. The van der Waals surface area contributed by atoms with E-state index in [0.29, 0.717) is 19.4 Å². The van der Waals surface area contributed by atoms with Crippen molar-refractivity contribution in [1.82, 2.24) is 4.90 Å². The largest absolute Gasteiger partial charge is 0.485 e. The van der Waals surface area contributed by atoms with E-state index >= 15 is 0 Å². The van der Waals surface area contributed by atoms with Crippen LogP contribution in [0.4, 0.5) is 4.39 Å². The number of para-hydroxylation sites is 2. The highest BCUT2D eigenvalue weighted by Gasteiger charge is 2.22. The van der Waals surface area contributed by atoms with Crippen LogP contribution in [0.5, 0.6) is 11.5 Å². The lowest BCUT2D eigenvalue weighted by Gasteiger charge is -2.29. The van der Waals surface area contributed by atoms with Gasteiger partial charge in [0.25, 0.3) is 0 Å². The minimum atomic E-state index is -0.616. The Bertz CT molecular complexity index is 680. The highest BCUT2D eigenvalue weighted by atomic mass is 19.1. The Hall–Kier alpha value is -2.07. The van der Waals surface area contributed by atoms with Gasteiger partial charge in [0.15, 0.2) is 17.6 Å². The predicted molar refractivity (Wildman–Crippen MR) is 91.2 cm³/mol. The van der Waals surface area contributed by atoms with Crippen molar-refractivity contribution < 1.29 is 13.9 Å². The van der Waals surface area contributed by atoms with Crippen molar-refractivity contribution >= 4 is 0 Å². The van der Waals surface area contributed by atoms with E-state index < -0.39 is 6.17 Å². The molecule has 0 saturated carbocycles. The van der Waals surface area contributed by atoms with Crippen LogP contribution in [-0.2, 0) is 6.54 Å². The highest BCUT2D eigenvalue weighted by molar-refractivity contribution is 5.41. The van der Waals surface area contributed by atoms with E-state index in [1.165, 1.54) is 5.56 Å². The van der Waals surface area contributed by atoms with Gasteiger partial charge in [-0.3, -0.25) is 4.90 Å². The average Bonchev–Trinajstić information content (AvgIpc) is 2.64. The molecule has 24 heavy (non-hydrogen) atoms. The zero-order valence-corrected chi connectivity index (χ0v) is 13.7. The van der Waals surface area contributed by atoms with Gasteiger partial charge in [0.1, 0.15) is 12.8 Å². The number of rotatable bonds is 3. The summed E-state index contributed by atoms with van der Waals surface area (Å²) in [5, 5.41) is 0. The van der Waals surface area contributed by atoms with Gasteiger partial charge in [-0.05, 0) is 36.1 Å². The number of ether oxygens (including phenoxy) is 2. The van der Waals surface area contributed by atoms with Crippen molar-refractivity contribution in [3.05, 3.63) is 59.7 Å². The summed E-state index contributed by atoms with van der Waals surface area (Å²) in [6.07, 6.45) is 0.626. The Balaban J connectivity index is 1.39. The summed E-state index contributed by atoms with van der Waals surface area (Å²) in [6.45, 7) is 3.11. The van der Waals surface area contributed by atoms with Gasteiger partial charge < -0.3 is 9.47 Å². The van der Waals surface area contributed by atoms with Gasteiger partial charge in [0, 0.05) is 19.6 Å². The first kappa shape index (κ1) is 15.5. The van der Waals surface area contributed by atoms with Crippen molar-refractivity contribution in [1.29, 1.82) is 0 Å². The Morgan fingerprint density at radius 2 is 1.67 bits per heavy atom. The highest BCUT2D eigenvalue weighted by Crippen LogP contribution is 2.35. The molecule has 126 valence electrons. The third-order valence-corrected chi connectivity index (χ3v) is 4.78. The fraction of sp³-hybridized carbons (Fsp3) is 0.400. The molecule has 2 heterocycles. The monoisotopic (exact) mass is 327 g/mol. The Kier molecular flexibility index (Phi) is 4.39. The van der Waals surface area contributed by atoms with Crippen LogP contribution in [0.15, 0.2) is 48.5 Å². The molecule has 1 atom stereocenters. The molecule has 3 nitrogen and oxygen atoms in total. The van der Waals surface area contributed by atoms with Crippen LogP contribution in [0.1, 0.15) is 30.1 Å². The number of hydrogen-bond acceptors (Lipinski definition) is 3. The Morgan fingerprint density at radius 3 is 2.42 bits per heavy atom. The molecule has 4 heteroatoms.